The number of rotatable bonds is 7. The lowest BCUT2D eigenvalue weighted by Crippen LogP contribution is -2.35. The second-order valence-electron chi connectivity index (χ2n) is 8.16. The topological polar surface area (TPSA) is 67.9 Å². The van der Waals surface area contributed by atoms with Crippen LogP contribution >= 0.6 is 15.9 Å². The molecule has 36 heavy (non-hydrogen) atoms. The van der Waals surface area contributed by atoms with Crippen molar-refractivity contribution in [1.29, 1.82) is 0 Å². The van der Waals surface area contributed by atoms with Crippen molar-refractivity contribution in [3.63, 3.8) is 0 Å². The van der Waals surface area contributed by atoms with E-state index in [0.29, 0.717) is 40.4 Å². The molecule has 1 aliphatic rings. The van der Waals surface area contributed by atoms with Gasteiger partial charge in [0.25, 0.3) is 11.8 Å². The molecule has 0 atom stereocenters. The van der Waals surface area contributed by atoms with Gasteiger partial charge in [-0.2, -0.15) is 0 Å². The Labute approximate surface area is 217 Å². The number of anilines is 1. The van der Waals surface area contributed by atoms with Crippen molar-refractivity contribution in [2.24, 2.45) is 0 Å². The smallest absolute Gasteiger partial charge is 0.282 e. The lowest BCUT2D eigenvalue weighted by Gasteiger charge is -2.15. The summed E-state index contributed by atoms with van der Waals surface area (Å²) in [5.74, 6) is 0.197. The molecule has 0 aromatic heterocycles. The summed E-state index contributed by atoms with van der Waals surface area (Å²) >= 11 is 3.57. The van der Waals surface area contributed by atoms with Crippen LogP contribution in [0.1, 0.15) is 18.1 Å². The van der Waals surface area contributed by atoms with E-state index >= 15 is 0 Å². The third-order valence-electron chi connectivity index (χ3n) is 5.83. The fraction of sp³-hybridized carbons (Fsp3) is 0.103. The molecule has 0 spiro atoms. The number of ether oxygens (including phenoxy) is 2. The quantitative estimate of drug-likeness (QED) is 0.228. The third kappa shape index (κ3) is 4.70. The van der Waals surface area contributed by atoms with Gasteiger partial charge in [-0.15, -0.1) is 0 Å². The highest BCUT2D eigenvalue weighted by molar-refractivity contribution is 9.10. The molecule has 4 aromatic rings. The fourth-order valence-corrected chi connectivity index (χ4v) is 4.53. The van der Waals surface area contributed by atoms with E-state index in [2.05, 4.69) is 39.6 Å². The first-order chi connectivity index (χ1) is 17.5. The third-order valence-corrected chi connectivity index (χ3v) is 6.52. The standard InChI is InChI=1S/C29H23BrN2O4/c1-2-35-26-16-21(15-24-28(33)31-32(29(24)34)22-12-4-3-5-13-22)25(30)17-27(26)36-18-20-11-8-10-19-9-6-7-14-23(19)20/h3-17H,2,18H2,1H3,(H,31,33)/b24-15-. The Morgan fingerprint density at radius 1 is 0.889 bits per heavy atom. The van der Waals surface area contributed by atoms with Crippen molar-refractivity contribution in [2.75, 3.05) is 11.6 Å². The number of amides is 2. The zero-order chi connectivity index (χ0) is 25.1. The van der Waals surface area contributed by atoms with Crippen molar-refractivity contribution in [1.82, 2.24) is 5.43 Å². The van der Waals surface area contributed by atoms with Crippen LogP contribution < -0.4 is 19.9 Å². The van der Waals surface area contributed by atoms with Gasteiger partial charge in [0.15, 0.2) is 11.5 Å². The summed E-state index contributed by atoms with van der Waals surface area (Å²) in [6.45, 7) is 2.69. The molecule has 1 saturated heterocycles. The van der Waals surface area contributed by atoms with Crippen LogP contribution in [0.15, 0.2) is 95.0 Å². The Bertz CT molecular complexity index is 1480. The Morgan fingerprint density at radius 2 is 1.61 bits per heavy atom. The lowest BCUT2D eigenvalue weighted by molar-refractivity contribution is -0.117. The molecule has 6 nitrogen and oxygen atoms in total. The minimum atomic E-state index is -0.468. The summed E-state index contributed by atoms with van der Waals surface area (Å²) in [4.78, 5) is 25.6. The highest BCUT2D eigenvalue weighted by Crippen LogP contribution is 2.36. The van der Waals surface area contributed by atoms with E-state index in [1.54, 1.807) is 42.5 Å². The summed E-state index contributed by atoms with van der Waals surface area (Å²) < 4.78 is 12.7. The van der Waals surface area contributed by atoms with E-state index in [-0.39, 0.29) is 5.57 Å². The van der Waals surface area contributed by atoms with Crippen LogP contribution in [0.25, 0.3) is 16.8 Å². The summed E-state index contributed by atoms with van der Waals surface area (Å²) in [6, 6.07) is 26.8. The summed E-state index contributed by atoms with van der Waals surface area (Å²) in [7, 11) is 0. The van der Waals surface area contributed by atoms with Gasteiger partial charge in [0, 0.05) is 4.47 Å². The van der Waals surface area contributed by atoms with E-state index < -0.39 is 11.8 Å². The summed E-state index contributed by atoms with van der Waals surface area (Å²) in [5, 5.41) is 3.52. The van der Waals surface area contributed by atoms with Gasteiger partial charge >= 0.3 is 0 Å². The lowest BCUT2D eigenvalue weighted by atomic mass is 10.1. The van der Waals surface area contributed by atoms with Crippen LogP contribution in [0.2, 0.25) is 0 Å². The van der Waals surface area contributed by atoms with Crippen molar-refractivity contribution >= 4 is 50.3 Å². The normalized spacial score (nSPS) is 14.4. The second-order valence-corrected chi connectivity index (χ2v) is 9.01. The van der Waals surface area contributed by atoms with Crippen LogP contribution in [0.5, 0.6) is 11.5 Å². The number of carbonyl (C=O) groups excluding carboxylic acids is 2. The van der Waals surface area contributed by atoms with E-state index in [1.165, 1.54) is 5.01 Å². The molecule has 1 aliphatic heterocycles. The molecule has 0 radical (unpaired) electrons. The molecule has 1 fully saturated rings. The number of benzene rings is 4. The van der Waals surface area contributed by atoms with Crippen molar-refractivity contribution in [2.45, 2.75) is 13.5 Å². The zero-order valence-corrected chi connectivity index (χ0v) is 21.1. The van der Waals surface area contributed by atoms with E-state index in [0.717, 1.165) is 16.3 Å². The monoisotopic (exact) mass is 542 g/mol. The average Bonchev–Trinajstić information content (AvgIpc) is 3.18. The van der Waals surface area contributed by atoms with Crippen LogP contribution in [0, 0.1) is 0 Å². The minimum absolute atomic E-state index is 0.0337. The number of hydrogen-bond acceptors (Lipinski definition) is 4. The number of nitrogens with zero attached hydrogens (tertiary/aromatic N) is 1. The molecule has 0 bridgehead atoms. The van der Waals surface area contributed by atoms with Crippen LogP contribution in [-0.4, -0.2) is 18.4 Å². The van der Waals surface area contributed by atoms with Gasteiger partial charge in [0.05, 0.1) is 12.3 Å². The van der Waals surface area contributed by atoms with Gasteiger partial charge in [-0.05, 0) is 59.2 Å². The van der Waals surface area contributed by atoms with E-state index in [9.17, 15) is 9.59 Å². The summed E-state index contributed by atoms with van der Waals surface area (Å²) in [6.07, 6.45) is 1.56. The van der Waals surface area contributed by atoms with Gasteiger partial charge in [-0.25, -0.2) is 5.01 Å². The van der Waals surface area contributed by atoms with Gasteiger partial charge in [-0.1, -0.05) is 76.6 Å². The van der Waals surface area contributed by atoms with Gasteiger partial charge in [-0.3, -0.25) is 15.0 Å². The molecule has 0 unspecified atom stereocenters. The highest BCUT2D eigenvalue weighted by atomic mass is 79.9. The first-order valence-electron chi connectivity index (χ1n) is 11.5. The number of hydrazine groups is 1. The van der Waals surface area contributed by atoms with Gasteiger partial charge in [0.1, 0.15) is 12.2 Å². The highest BCUT2D eigenvalue weighted by Gasteiger charge is 2.34. The second kappa shape index (κ2) is 10.3. The Balaban J connectivity index is 1.43. The molecular formula is C29H23BrN2O4. The first kappa shape index (κ1) is 23.6. The number of nitrogens with one attached hydrogen (secondary N) is 1. The molecule has 4 aromatic carbocycles. The Morgan fingerprint density at radius 3 is 2.42 bits per heavy atom. The molecule has 5 rings (SSSR count). The Hall–Kier alpha value is -4.10. The number of carbonyl (C=O) groups is 2. The molecule has 2 amide bonds. The summed E-state index contributed by atoms with van der Waals surface area (Å²) in [5.41, 5.74) is 4.93. The first-order valence-corrected chi connectivity index (χ1v) is 12.3. The SMILES string of the molecule is CCOc1cc(/C=C2/C(=O)NN(c3ccccc3)C2=O)c(Br)cc1OCc1cccc2ccccc12. The predicted octanol–water partition coefficient (Wildman–Crippen LogP) is 6.04. The molecule has 7 heteroatoms. The predicted molar refractivity (Wildman–Crippen MR) is 144 cm³/mol. The zero-order valence-electron chi connectivity index (χ0n) is 19.5. The number of hydrogen-bond donors (Lipinski definition) is 1. The minimum Gasteiger partial charge on any atom is -0.490 e. The maximum absolute atomic E-state index is 13.0. The molecular weight excluding hydrogens is 520 g/mol. The van der Waals surface area contributed by atoms with Crippen molar-refractivity contribution in [3.05, 3.63) is 106 Å². The van der Waals surface area contributed by atoms with E-state index in [1.807, 2.05) is 37.3 Å². The maximum Gasteiger partial charge on any atom is 0.282 e. The van der Waals surface area contributed by atoms with E-state index in [4.69, 9.17) is 9.47 Å². The maximum atomic E-state index is 13.0. The van der Waals surface area contributed by atoms with Gasteiger partial charge in [0.2, 0.25) is 0 Å². The molecule has 0 aliphatic carbocycles. The molecule has 1 heterocycles. The molecule has 180 valence electrons. The van der Waals surface area contributed by atoms with Crippen LogP contribution in [0.4, 0.5) is 5.69 Å². The van der Waals surface area contributed by atoms with Crippen LogP contribution in [0.3, 0.4) is 0 Å². The van der Waals surface area contributed by atoms with Crippen LogP contribution in [-0.2, 0) is 16.2 Å². The number of fused-ring (bicyclic) bond motifs is 1. The fourth-order valence-electron chi connectivity index (χ4n) is 4.09. The number of halogens is 1. The number of para-hydroxylation sites is 1. The van der Waals surface area contributed by atoms with Gasteiger partial charge < -0.3 is 9.47 Å². The van der Waals surface area contributed by atoms with Crippen molar-refractivity contribution < 1.29 is 19.1 Å². The Kier molecular flexibility index (Phi) is 6.73. The average molecular weight is 543 g/mol. The molecule has 1 N–H and O–H groups in total. The molecule has 0 saturated carbocycles. The van der Waals surface area contributed by atoms with Crippen molar-refractivity contribution in [3.8, 4) is 11.5 Å². The largest absolute Gasteiger partial charge is 0.490 e.